The Kier molecular flexibility index (Phi) is 5.94. The Morgan fingerprint density at radius 1 is 1.21 bits per heavy atom. The molecule has 3 atom stereocenters. The van der Waals surface area contributed by atoms with Gasteiger partial charge in [-0.1, -0.05) is 13.8 Å². The molecule has 2 saturated carbocycles. The van der Waals surface area contributed by atoms with Crippen molar-refractivity contribution in [3.8, 4) is 11.5 Å². The van der Waals surface area contributed by atoms with E-state index in [-0.39, 0.29) is 30.2 Å². The first-order chi connectivity index (χ1) is 15.8. The topological polar surface area (TPSA) is 89.1 Å². The molecule has 2 aliphatic carbocycles. The summed E-state index contributed by atoms with van der Waals surface area (Å²) in [5.74, 6) is 1.96. The smallest absolute Gasteiger partial charge is 0.200 e. The fourth-order valence-corrected chi connectivity index (χ4v) is 6.00. The van der Waals surface area contributed by atoms with Gasteiger partial charge in [0.2, 0.25) is 0 Å². The first kappa shape index (κ1) is 22.7. The van der Waals surface area contributed by atoms with Crippen molar-refractivity contribution in [2.45, 2.75) is 109 Å². The molecule has 1 aromatic carbocycles. The van der Waals surface area contributed by atoms with E-state index in [0.29, 0.717) is 52.6 Å². The molecular weight excluding hydrogens is 420 g/mol. The predicted octanol–water partition coefficient (Wildman–Crippen LogP) is 4.97. The third-order valence-corrected chi connectivity index (χ3v) is 7.82. The van der Waals surface area contributed by atoms with E-state index in [1.165, 1.54) is 0 Å². The summed E-state index contributed by atoms with van der Waals surface area (Å²) in [5.41, 5.74) is 0.805. The summed E-state index contributed by atoms with van der Waals surface area (Å²) in [5, 5.41) is 21.5. The van der Waals surface area contributed by atoms with Gasteiger partial charge in [0.15, 0.2) is 5.43 Å². The number of hydrogen-bond donors (Lipinski definition) is 2. The van der Waals surface area contributed by atoms with Gasteiger partial charge in [-0.3, -0.25) is 4.79 Å². The van der Waals surface area contributed by atoms with Crippen LogP contribution in [0.3, 0.4) is 0 Å². The van der Waals surface area contributed by atoms with Crippen LogP contribution in [0.5, 0.6) is 11.5 Å². The lowest BCUT2D eigenvalue weighted by atomic mass is 9.74. The molecule has 33 heavy (non-hydrogen) atoms. The SMILES string of the molecule is CC(C)CCc1c(CO)oc2cc3c(c(OC4CCCC4)c2c1=O)[C@@H]1CCC[C@@](C)(O)[C@H]1O3. The van der Waals surface area contributed by atoms with Gasteiger partial charge in [0.1, 0.15) is 40.9 Å². The van der Waals surface area contributed by atoms with E-state index >= 15 is 0 Å². The summed E-state index contributed by atoms with van der Waals surface area (Å²) in [4.78, 5) is 13.9. The molecule has 2 N–H and O–H groups in total. The van der Waals surface area contributed by atoms with Gasteiger partial charge >= 0.3 is 0 Å². The monoisotopic (exact) mass is 456 g/mol. The maximum absolute atomic E-state index is 13.9. The molecule has 1 aliphatic heterocycles. The van der Waals surface area contributed by atoms with Crippen LogP contribution in [0.25, 0.3) is 11.0 Å². The number of hydrogen-bond acceptors (Lipinski definition) is 6. The van der Waals surface area contributed by atoms with Crippen molar-refractivity contribution in [2.75, 3.05) is 0 Å². The molecule has 6 heteroatoms. The third kappa shape index (κ3) is 3.95. The number of rotatable bonds is 6. The summed E-state index contributed by atoms with van der Waals surface area (Å²) >= 11 is 0. The minimum atomic E-state index is -0.936. The van der Waals surface area contributed by atoms with E-state index in [4.69, 9.17) is 13.9 Å². The molecule has 2 aromatic rings. The Balaban J connectivity index is 1.72. The molecule has 0 spiro atoms. The van der Waals surface area contributed by atoms with E-state index in [0.717, 1.165) is 50.5 Å². The molecular formula is C27H36O6. The lowest BCUT2D eigenvalue weighted by Gasteiger charge is -2.37. The summed E-state index contributed by atoms with van der Waals surface area (Å²) in [6, 6.07) is 1.77. The van der Waals surface area contributed by atoms with Crippen LogP contribution in [-0.2, 0) is 13.0 Å². The van der Waals surface area contributed by atoms with Crippen molar-refractivity contribution >= 4 is 11.0 Å². The summed E-state index contributed by atoms with van der Waals surface area (Å²) in [7, 11) is 0. The van der Waals surface area contributed by atoms with Crippen molar-refractivity contribution in [1.29, 1.82) is 0 Å². The highest BCUT2D eigenvalue weighted by Gasteiger charge is 2.50. The largest absolute Gasteiger partial charge is 0.489 e. The molecule has 180 valence electrons. The fourth-order valence-electron chi connectivity index (χ4n) is 6.00. The Labute approximate surface area is 194 Å². The van der Waals surface area contributed by atoms with Gasteiger partial charge in [0.25, 0.3) is 0 Å². The maximum atomic E-state index is 13.9. The van der Waals surface area contributed by atoms with E-state index in [9.17, 15) is 15.0 Å². The molecule has 0 saturated heterocycles. The van der Waals surface area contributed by atoms with Crippen LogP contribution >= 0.6 is 0 Å². The Morgan fingerprint density at radius 2 is 1.97 bits per heavy atom. The first-order valence-corrected chi connectivity index (χ1v) is 12.6. The number of fused-ring (bicyclic) bond motifs is 4. The van der Waals surface area contributed by atoms with E-state index in [1.54, 1.807) is 6.07 Å². The second-order valence-electron chi connectivity index (χ2n) is 10.8. The van der Waals surface area contributed by atoms with Crippen LogP contribution in [0.15, 0.2) is 15.3 Å². The molecule has 5 rings (SSSR count). The van der Waals surface area contributed by atoms with Crippen LogP contribution in [0.4, 0.5) is 0 Å². The number of aliphatic hydroxyl groups is 2. The van der Waals surface area contributed by atoms with Crippen molar-refractivity contribution in [1.82, 2.24) is 0 Å². The molecule has 0 radical (unpaired) electrons. The second kappa shape index (κ2) is 8.62. The van der Waals surface area contributed by atoms with E-state index in [1.807, 2.05) is 6.92 Å². The molecule has 2 fully saturated rings. The first-order valence-electron chi connectivity index (χ1n) is 12.6. The molecule has 3 aliphatic rings. The molecule has 0 unspecified atom stereocenters. The zero-order valence-electron chi connectivity index (χ0n) is 20.0. The zero-order chi connectivity index (χ0) is 23.3. The third-order valence-electron chi connectivity index (χ3n) is 7.82. The zero-order valence-corrected chi connectivity index (χ0v) is 20.0. The summed E-state index contributed by atoms with van der Waals surface area (Å²) in [6.07, 6.45) is 7.76. The van der Waals surface area contributed by atoms with Gasteiger partial charge in [-0.15, -0.1) is 0 Å². The van der Waals surface area contributed by atoms with E-state index in [2.05, 4.69) is 13.8 Å². The standard InChI is InChI=1S/C27H36O6/c1-15(2)10-11-17-21(14-28)32-20-13-19-22(18-9-6-12-27(3,30)26(18)33-19)25(23(20)24(17)29)31-16-7-4-5-8-16/h13,15-16,18,26,28,30H,4-12,14H2,1-3H3/t18-,26-,27+/m0/s1. The van der Waals surface area contributed by atoms with Gasteiger partial charge in [-0.05, 0) is 70.6 Å². The van der Waals surface area contributed by atoms with Crippen LogP contribution < -0.4 is 14.9 Å². The summed E-state index contributed by atoms with van der Waals surface area (Å²) < 4.78 is 19.0. The molecule has 6 nitrogen and oxygen atoms in total. The van der Waals surface area contributed by atoms with Crippen molar-refractivity contribution in [3.05, 3.63) is 33.2 Å². The number of ether oxygens (including phenoxy) is 2. The van der Waals surface area contributed by atoms with Crippen LogP contribution in [-0.4, -0.2) is 28.0 Å². The number of aliphatic hydroxyl groups excluding tert-OH is 1. The highest BCUT2D eigenvalue weighted by atomic mass is 16.5. The fraction of sp³-hybridized carbons (Fsp3) is 0.667. The van der Waals surface area contributed by atoms with Gasteiger partial charge in [0, 0.05) is 23.1 Å². The summed E-state index contributed by atoms with van der Waals surface area (Å²) in [6.45, 7) is 5.75. The highest BCUT2D eigenvalue weighted by molar-refractivity contribution is 5.89. The minimum absolute atomic E-state index is 0.0133. The average Bonchev–Trinajstić information content (AvgIpc) is 3.40. The molecule has 0 amide bonds. The molecule has 1 aromatic heterocycles. The second-order valence-corrected chi connectivity index (χ2v) is 10.8. The Morgan fingerprint density at radius 3 is 2.67 bits per heavy atom. The van der Waals surface area contributed by atoms with Crippen molar-refractivity contribution in [3.63, 3.8) is 0 Å². The average molecular weight is 457 g/mol. The van der Waals surface area contributed by atoms with Gasteiger partial charge < -0.3 is 24.1 Å². The quantitative estimate of drug-likeness (QED) is 0.638. The maximum Gasteiger partial charge on any atom is 0.200 e. The van der Waals surface area contributed by atoms with Gasteiger partial charge in [0.05, 0.1) is 11.7 Å². The van der Waals surface area contributed by atoms with Crippen molar-refractivity contribution in [2.24, 2.45) is 5.92 Å². The van der Waals surface area contributed by atoms with Crippen LogP contribution in [0, 0.1) is 5.92 Å². The van der Waals surface area contributed by atoms with Gasteiger partial charge in [-0.25, -0.2) is 0 Å². The van der Waals surface area contributed by atoms with Crippen molar-refractivity contribution < 1.29 is 24.1 Å². The lowest BCUT2D eigenvalue weighted by molar-refractivity contribution is -0.0725. The van der Waals surface area contributed by atoms with Crippen LogP contribution in [0.1, 0.15) is 94.9 Å². The highest BCUT2D eigenvalue weighted by Crippen LogP contribution is 2.54. The minimum Gasteiger partial charge on any atom is -0.489 e. The number of benzene rings is 1. The predicted molar refractivity (Wildman–Crippen MR) is 126 cm³/mol. The molecule has 2 heterocycles. The molecule has 0 bridgehead atoms. The Hall–Kier alpha value is -2.05. The lowest BCUT2D eigenvalue weighted by Crippen LogP contribution is -2.47. The Bertz CT molecular complexity index is 1090. The van der Waals surface area contributed by atoms with Crippen LogP contribution in [0.2, 0.25) is 0 Å². The van der Waals surface area contributed by atoms with Gasteiger partial charge in [-0.2, -0.15) is 0 Å². The van der Waals surface area contributed by atoms with E-state index < -0.39 is 5.60 Å². The normalized spacial score (nSPS) is 27.1.